The van der Waals surface area contributed by atoms with Gasteiger partial charge in [0.1, 0.15) is 0 Å². The fourth-order valence-electron chi connectivity index (χ4n) is 1.06. The molecule has 6 nitrogen and oxygen atoms in total. The summed E-state index contributed by atoms with van der Waals surface area (Å²) in [5.74, 6) is -2.94. The van der Waals surface area contributed by atoms with Crippen LogP contribution in [0.4, 0.5) is 0 Å². The van der Waals surface area contributed by atoms with E-state index in [1.165, 1.54) is 38.5 Å². The van der Waals surface area contributed by atoms with Crippen molar-refractivity contribution < 1.29 is 29.7 Å². The molecule has 0 aromatic carbocycles. The van der Waals surface area contributed by atoms with E-state index in [2.05, 4.69) is 19.7 Å². The van der Waals surface area contributed by atoms with Crippen LogP contribution >= 0.6 is 0 Å². The van der Waals surface area contributed by atoms with E-state index in [4.69, 9.17) is 15.3 Å². The zero-order chi connectivity index (χ0) is 17.1. The third kappa shape index (κ3) is 46.4. The Labute approximate surface area is 125 Å². The summed E-state index contributed by atoms with van der Waals surface area (Å²) in [6.07, 6.45) is 11.5. The predicted molar refractivity (Wildman–Crippen MR) is 81.2 cm³/mol. The number of carboxylic acids is 3. The van der Waals surface area contributed by atoms with Gasteiger partial charge < -0.3 is 15.3 Å². The Kier molecular flexibility index (Phi) is 22.5. The van der Waals surface area contributed by atoms with Gasteiger partial charge in [0.2, 0.25) is 0 Å². The molecule has 0 radical (unpaired) electrons. The number of rotatable bonds is 3. The highest BCUT2D eigenvalue weighted by atomic mass is 16.4. The maximum Gasteiger partial charge on any atom is 0.327 e. The van der Waals surface area contributed by atoms with Gasteiger partial charge >= 0.3 is 17.9 Å². The monoisotopic (exact) mass is 300 g/mol. The highest BCUT2D eigenvalue weighted by Gasteiger charge is 1.95. The van der Waals surface area contributed by atoms with Crippen molar-refractivity contribution in [2.75, 3.05) is 0 Å². The molecule has 0 heterocycles. The molecular formula is C15H24O6. The van der Waals surface area contributed by atoms with Gasteiger partial charge in [-0.1, -0.05) is 58.3 Å². The van der Waals surface area contributed by atoms with Crippen molar-refractivity contribution in [1.82, 2.24) is 0 Å². The van der Waals surface area contributed by atoms with Gasteiger partial charge in [-0.15, -0.1) is 0 Å². The molecule has 0 unspecified atom stereocenters. The van der Waals surface area contributed by atoms with Crippen molar-refractivity contribution in [1.29, 1.82) is 0 Å². The summed E-state index contributed by atoms with van der Waals surface area (Å²) in [5.41, 5.74) is 0. The lowest BCUT2D eigenvalue weighted by Gasteiger charge is -2.05. The molecule has 6 heteroatoms. The molecule has 0 spiro atoms. The summed E-state index contributed by atoms with van der Waals surface area (Å²) in [6, 6.07) is 0. The Morgan fingerprint density at radius 2 is 0.667 bits per heavy atom. The molecule has 1 fully saturated rings. The second-order valence-corrected chi connectivity index (χ2v) is 3.75. The van der Waals surface area contributed by atoms with Crippen LogP contribution in [-0.2, 0) is 14.4 Å². The predicted octanol–water partition coefficient (Wildman–Crippen LogP) is 3.11. The Bertz CT molecular complexity index is 275. The van der Waals surface area contributed by atoms with Crippen molar-refractivity contribution in [3.05, 3.63) is 38.0 Å². The Morgan fingerprint density at radius 1 is 0.571 bits per heavy atom. The SMILES string of the molecule is C1CCCCC1.C=CC(=O)O.C=CC(=O)O.C=CC(=O)O. The Hall–Kier alpha value is -2.37. The number of carbonyl (C=O) groups is 3. The Balaban J connectivity index is -0.000000207. The minimum Gasteiger partial charge on any atom is -0.478 e. The summed E-state index contributed by atoms with van der Waals surface area (Å²) < 4.78 is 0. The molecule has 0 bridgehead atoms. The van der Waals surface area contributed by atoms with Crippen molar-refractivity contribution in [3.8, 4) is 0 Å². The molecule has 0 aromatic rings. The quantitative estimate of drug-likeness (QED) is 0.690. The highest BCUT2D eigenvalue weighted by molar-refractivity contribution is 5.79. The zero-order valence-electron chi connectivity index (χ0n) is 12.2. The van der Waals surface area contributed by atoms with Crippen LogP contribution in [0.3, 0.4) is 0 Å². The molecule has 1 saturated carbocycles. The van der Waals surface area contributed by atoms with Crippen LogP contribution in [-0.4, -0.2) is 33.2 Å². The zero-order valence-corrected chi connectivity index (χ0v) is 12.2. The van der Waals surface area contributed by atoms with E-state index in [0.717, 1.165) is 18.2 Å². The molecule has 120 valence electrons. The highest BCUT2D eigenvalue weighted by Crippen LogP contribution is 2.15. The van der Waals surface area contributed by atoms with Crippen LogP contribution in [0.2, 0.25) is 0 Å². The molecule has 21 heavy (non-hydrogen) atoms. The van der Waals surface area contributed by atoms with E-state index in [1.807, 2.05) is 0 Å². The fraction of sp³-hybridized carbons (Fsp3) is 0.400. The summed E-state index contributed by atoms with van der Waals surface area (Å²) in [4.78, 5) is 27.8. The van der Waals surface area contributed by atoms with Gasteiger partial charge in [0.05, 0.1) is 0 Å². The smallest absolute Gasteiger partial charge is 0.327 e. The van der Waals surface area contributed by atoms with Crippen LogP contribution in [0.15, 0.2) is 38.0 Å². The second kappa shape index (κ2) is 20.0. The number of hydrogen-bond acceptors (Lipinski definition) is 3. The fourth-order valence-corrected chi connectivity index (χ4v) is 1.06. The molecule has 0 aromatic heterocycles. The van der Waals surface area contributed by atoms with Gasteiger partial charge in [-0.3, -0.25) is 0 Å². The van der Waals surface area contributed by atoms with Crippen molar-refractivity contribution in [2.24, 2.45) is 0 Å². The van der Waals surface area contributed by atoms with E-state index < -0.39 is 17.9 Å². The van der Waals surface area contributed by atoms with Gasteiger partial charge in [-0.2, -0.15) is 0 Å². The van der Waals surface area contributed by atoms with Crippen molar-refractivity contribution in [3.63, 3.8) is 0 Å². The van der Waals surface area contributed by atoms with Gasteiger partial charge in [0.15, 0.2) is 0 Å². The molecule has 0 saturated heterocycles. The van der Waals surface area contributed by atoms with Crippen LogP contribution < -0.4 is 0 Å². The lowest BCUT2D eigenvalue weighted by Crippen LogP contribution is -1.85. The van der Waals surface area contributed by atoms with E-state index in [-0.39, 0.29) is 0 Å². The lowest BCUT2D eigenvalue weighted by atomic mass is 10.0. The second-order valence-electron chi connectivity index (χ2n) is 3.75. The summed E-state index contributed by atoms with van der Waals surface area (Å²) in [7, 11) is 0. The summed E-state index contributed by atoms with van der Waals surface area (Å²) >= 11 is 0. The van der Waals surface area contributed by atoms with Crippen molar-refractivity contribution >= 4 is 17.9 Å². The molecule has 0 amide bonds. The number of hydrogen-bond donors (Lipinski definition) is 3. The molecule has 1 rings (SSSR count). The van der Waals surface area contributed by atoms with E-state index in [9.17, 15) is 14.4 Å². The topological polar surface area (TPSA) is 112 Å². The maximum absolute atomic E-state index is 9.25. The third-order valence-corrected chi connectivity index (χ3v) is 2.02. The normalized spacial score (nSPS) is 11.4. The average Bonchev–Trinajstić information content (AvgIpc) is 2.50. The first kappa shape index (κ1) is 23.7. The van der Waals surface area contributed by atoms with Crippen LogP contribution in [0.1, 0.15) is 38.5 Å². The van der Waals surface area contributed by atoms with Crippen LogP contribution in [0.5, 0.6) is 0 Å². The molecule has 1 aliphatic rings. The number of carboxylic acid groups (broad SMARTS) is 3. The number of aliphatic carboxylic acids is 3. The van der Waals surface area contributed by atoms with Gasteiger partial charge in [0.25, 0.3) is 0 Å². The standard InChI is InChI=1S/C6H12.3C3H4O2/c1-2-4-6-5-3-1;3*1-2-3(4)5/h1-6H2;3*2H,1H2,(H,4,5). The van der Waals surface area contributed by atoms with E-state index in [1.54, 1.807) is 0 Å². The van der Waals surface area contributed by atoms with Gasteiger partial charge in [-0.25, -0.2) is 14.4 Å². The van der Waals surface area contributed by atoms with E-state index in [0.29, 0.717) is 0 Å². The van der Waals surface area contributed by atoms with Crippen LogP contribution in [0.25, 0.3) is 0 Å². The lowest BCUT2D eigenvalue weighted by molar-refractivity contribution is -0.132. The average molecular weight is 300 g/mol. The first-order valence-electron chi connectivity index (χ1n) is 6.37. The largest absolute Gasteiger partial charge is 0.478 e. The molecule has 1 aliphatic carbocycles. The van der Waals surface area contributed by atoms with Crippen molar-refractivity contribution in [2.45, 2.75) is 38.5 Å². The molecule has 0 aliphatic heterocycles. The first-order chi connectivity index (χ1) is 9.81. The minimum absolute atomic E-state index is 0.833. The summed E-state index contributed by atoms with van der Waals surface area (Å²) in [5, 5.41) is 22.8. The summed E-state index contributed by atoms with van der Waals surface area (Å²) in [6.45, 7) is 8.88. The first-order valence-corrected chi connectivity index (χ1v) is 6.37. The van der Waals surface area contributed by atoms with Gasteiger partial charge in [0, 0.05) is 18.2 Å². The Morgan fingerprint density at radius 3 is 0.714 bits per heavy atom. The van der Waals surface area contributed by atoms with Crippen LogP contribution in [0, 0.1) is 0 Å². The third-order valence-electron chi connectivity index (χ3n) is 2.02. The molecule has 3 N–H and O–H groups in total. The maximum atomic E-state index is 9.25. The minimum atomic E-state index is -0.981. The molecular weight excluding hydrogens is 276 g/mol. The van der Waals surface area contributed by atoms with Gasteiger partial charge in [-0.05, 0) is 0 Å². The molecule has 0 atom stereocenters. The van der Waals surface area contributed by atoms with E-state index >= 15 is 0 Å².